The first-order valence-electron chi connectivity index (χ1n) is 8.95. The van der Waals surface area contributed by atoms with Crippen LogP contribution in [0.5, 0.6) is 0 Å². The van der Waals surface area contributed by atoms with Crippen molar-refractivity contribution in [2.75, 3.05) is 19.8 Å². The first-order valence-corrected chi connectivity index (χ1v) is 10.9. The Hall–Kier alpha value is 0.0969. The summed E-state index contributed by atoms with van der Waals surface area (Å²) in [5, 5.41) is 0. The third-order valence-electron chi connectivity index (χ3n) is 3.58. The highest BCUT2D eigenvalue weighted by Gasteiger charge is 2.39. The van der Waals surface area contributed by atoms with E-state index in [9.17, 15) is 0 Å². The lowest BCUT2D eigenvalue weighted by Crippen LogP contribution is -2.45. The lowest BCUT2D eigenvalue weighted by atomic mass is 10.1. The molecule has 0 unspecified atom stereocenters. The van der Waals surface area contributed by atoms with Gasteiger partial charge in [0.15, 0.2) is 0 Å². The van der Waals surface area contributed by atoms with E-state index in [0.29, 0.717) is 19.8 Å². The highest BCUT2D eigenvalue weighted by atomic mass is 28.4. The summed E-state index contributed by atoms with van der Waals surface area (Å²) in [5.74, 6) is 0. The standard InChI is InChI=1S/C17H37O3Si/c1-5-9-10-11-12-13-14-15-16-17-21(18-6-2,19-7-3)20-8-4/h1,5-17H2,2-4H3. The number of rotatable bonds is 16. The van der Waals surface area contributed by atoms with E-state index in [0.717, 1.165) is 18.9 Å². The van der Waals surface area contributed by atoms with Gasteiger partial charge >= 0.3 is 8.80 Å². The van der Waals surface area contributed by atoms with Gasteiger partial charge in [-0.25, -0.2) is 0 Å². The molecule has 0 spiro atoms. The van der Waals surface area contributed by atoms with E-state index in [1.54, 1.807) is 0 Å². The predicted molar refractivity (Wildman–Crippen MR) is 92.3 cm³/mol. The quantitative estimate of drug-likeness (QED) is 0.282. The zero-order valence-corrected chi connectivity index (χ0v) is 15.6. The SMILES string of the molecule is [CH2]CCCCCCCCCC[Si](OCC)(OCC)OCC. The summed E-state index contributed by atoms with van der Waals surface area (Å²) in [7, 11) is -2.39. The van der Waals surface area contributed by atoms with Crippen LogP contribution in [0, 0.1) is 6.92 Å². The Morgan fingerprint density at radius 2 is 1.00 bits per heavy atom. The maximum Gasteiger partial charge on any atom is 0.500 e. The molecular formula is C17H37O3Si. The highest BCUT2D eigenvalue weighted by molar-refractivity contribution is 6.60. The zero-order chi connectivity index (χ0) is 15.8. The van der Waals surface area contributed by atoms with E-state index in [4.69, 9.17) is 13.3 Å². The van der Waals surface area contributed by atoms with Gasteiger partial charge < -0.3 is 13.3 Å². The topological polar surface area (TPSA) is 27.7 Å². The van der Waals surface area contributed by atoms with Crippen LogP contribution in [0.2, 0.25) is 6.04 Å². The summed E-state index contributed by atoms with van der Waals surface area (Å²) in [4.78, 5) is 0. The summed E-state index contributed by atoms with van der Waals surface area (Å²) in [5.41, 5.74) is 0. The van der Waals surface area contributed by atoms with Gasteiger partial charge in [-0.2, -0.15) is 0 Å². The van der Waals surface area contributed by atoms with Crippen LogP contribution in [0.4, 0.5) is 0 Å². The molecule has 0 fully saturated rings. The summed E-state index contributed by atoms with van der Waals surface area (Å²) >= 11 is 0. The van der Waals surface area contributed by atoms with Crippen molar-refractivity contribution in [3.8, 4) is 0 Å². The third-order valence-corrected chi connectivity index (χ3v) is 6.73. The maximum atomic E-state index is 5.87. The Morgan fingerprint density at radius 1 is 0.619 bits per heavy atom. The van der Waals surface area contributed by atoms with Gasteiger partial charge in [-0.05, 0) is 27.2 Å². The van der Waals surface area contributed by atoms with Gasteiger partial charge in [0.2, 0.25) is 0 Å². The van der Waals surface area contributed by atoms with Crippen LogP contribution in [0.1, 0.15) is 78.6 Å². The van der Waals surface area contributed by atoms with Gasteiger partial charge in [0, 0.05) is 25.9 Å². The minimum Gasteiger partial charge on any atom is -0.374 e. The van der Waals surface area contributed by atoms with Crippen LogP contribution in [-0.2, 0) is 13.3 Å². The van der Waals surface area contributed by atoms with E-state index in [1.807, 2.05) is 20.8 Å². The molecule has 0 bridgehead atoms. The molecule has 1 radical (unpaired) electrons. The second-order valence-electron chi connectivity index (χ2n) is 5.41. The lowest BCUT2D eigenvalue weighted by Gasteiger charge is -2.28. The fourth-order valence-corrected chi connectivity index (χ4v) is 5.27. The molecule has 0 saturated carbocycles. The van der Waals surface area contributed by atoms with Crippen molar-refractivity contribution in [1.29, 1.82) is 0 Å². The lowest BCUT2D eigenvalue weighted by molar-refractivity contribution is 0.0706. The second-order valence-corrected chi connectivity index (χ2v) is 8.15. The van der Waals surface area contributed by atoms with Crippen LogP contribution < -0.4 is 0 Å². The molecular weight excluding hydrogens is 280 g/mol. The molecule has 0 aromatic rings. The summed E-state index contributed by atoms with van der Waals surface area (Å²) in [6, 6.07) is 0.962. The van der Waals surface area contributed by atoms with Crippen LogP contribution in [0.15, 0.2) is 0 Å². The first kappa shape index (κ1) is 21.1. The Kier molecular flexibility index (Phi) is 15.1. The molecule has 0 aliphatic heterocycles. The summed E-state index contributed by atoms with van der Waals surface area (Å²) < 4.78 is 17.6. The molecule has 0 atom stereocenters. The molecule has 0 rings (SSSR count). The van der Waals surface area contributed by atoms with E-state index >= 15 is 0 Å². The molecule has 127 valence electrons. The fourth-order valence-electron chi connectivity index (χ4n) is 2.58. The smallest absolute Gasteiger partial charge is 0.374 e. The maximum absolute atomic E-state index is 5.87. The van der Waals surface area contributed by atoms with Gasteiger partial charge in [-0.3, -0.25) is 0 Å². The van der Waals surface area contributed by atoms with Crippen molar-refractivity contribution in [1.82, 2.24) is 0 Å². The van der Waals surface area contributed by atoms with Crippen molar-refractivity contribution in [3.05, 3.63) is 6.92 Å². The van der Waals surface area contributed by atoms with Crippen molar-refractivity contribution in [3.63, 3.8) is 0 Å². The monoisotopic (exact) mass is 317 g/mol. The van der Waals surface area contributed by atoms with E-state index in [-0.39, 0.29) is 0 Å². The first-order chi connectivity index (χ1) is 10.2. The van der Waals surface area contributed by atoms with Crippen LogP contribution in [-0.4, -0.2) is 28.6 Å². The van der Waals surface area contributed by atoms with Crippen LogP contribution in [0.25, 0.3) is 0 Å². The molecule has 0 amide bonds. The van der Waals surface area contributed by atoms with Gasteiger partial charge in [0.25, 0.3) is 0 Å². The average Bonchev–Trinajstić information content (AvgIpc) is 2.46. The average molecular weight is 318 g/mol. The minimum atomic E-state index is -2.39. The van der Waals surface area contributed by atoms with Gasteiger partial charge in [0.1, 0.15) is 0 Å². The largest absolute Gasteiger partial charge is 0.500 e. The zero-order valence-electron chi connectivity index (χ0n) is 14.6. The van der Waals surface area contributed by atoms with Crippen LogP contribution >= 0.6 is 0 Å². The molecule has 0 saturated heterocycles. The normalized spacial score (nSPS) is 12.0. The summed E-state index contributed by atoms with van der Waals surface area (Å²) in [6.07, 6.45) is 11.5. The van der Waals surface area contributed by atoms with Crippen molar-refractivity contribution in [2.24, 2.45) is 0 Å². The predicted octanol–water partition coefficient (Wildman–Crippen LogP) is 5.38. The van der Waals surface area contributed by atoms with Crippen molar-refractivity contribution in [2.45, 2.75) is 84.6 Å². The van der Waals surface area contributed by atoms with Crippen LogP contribution in [0.3, 0.4) is 0 Å². The minimum absolute atomic E-state index is 0.679. The molecule has 3 nitrogen and oxygen atoms in total. The van der Waals surface area contributed by atoms with Crippen molar-refractivity contribution < 1.29 is 13.3 Å². The summed E-state index contributed by atoms with van der Waals surface area (Å²) in [6.45, 7) is 12.0. The number of hydrogen-bond donors (Lipinski definition) is 0. The highest BCUT2D eigenvalue weighted by Crippen LogP contribution is 2.20. The van der Waals surface area contributed by atoms with Crippen molar-refractivity contribution >= 4 is 8.80 Å². The van der Waals surface area contributed by atoms with Gasteiger partial charge in [-0.15, -0.1) is 0 Å². The van der Waals surface area contributed by atoms with E-state index in [1.165, 1.54) is 44.9 Å². The molecule has 21 heavy (non-hydrogen) atoms. The molecule has 0 heterocycles. The number of unbranched alkanes of at least 4 members (excludes halogenated alkanes) is 8. The fraction of sp³-hybridized carbons (Fsp3) is 0.941. The molecule has 0 N–H and O–H groups in total. The third kappa shape index (κ3) is 11.3. The Labute approximate surface area is 134 Å². The van der Waals surface area contributed by atoms with E-state index in [2.05, 4.69) is 6.92 Å². The molecule has 0 aromatic heterocycles. The molecule has 4 heteroatoms. The Bertz CT molecular complexity index is 195. The van der Waals surface area contributed by atoms with Gasteiger partial charge in [-0.1, -0.05) is 58.3 Å². The molecule has 0 aliphatic rings. The second kappa shape index (κ2) is 15.0. The van der Waals surface area contributed by atoms with E-state index < -0.39 is 8.80 Å². The Balaban J connectivity index is 3.76. The number of hydrogen-bond acceptors (Lipinski definition) is 3. The Morgan fingerprint density at radius 3 is 1.38 bits per heavy atom. The molecule has 0 aromatic carbocycles. The van der Waals surface area contributed by atoms with Gasteiger partial charge in [0.05, 0.1) is 0 Å². The molecule has 0 aliphatic carbocycles.